The molecule has 0 amide bonds. The molecule has 82 valence electrons. The average molecular weight is 226 g/mol. The van der Waals surface area contributed by atoms with Crippen LogP contribution in [0.2, 0.25) is 0 Å². The van der Waals surface area contributed by atoms with Gasteiger partial charge in [-0.2, -0.15) is 13.2 Å². The number of alkyl halides is 3. The zero-order valence-electron chi connectivity index (χ0n) is 7.82. The lowest BCUT2D eigenvalue weighted by Gasteiger charge is -2.08. The molecular formula is C10H5F3N2O. The van der Waals surface area contributed by atoms with Gasteiger partial charge in [-0.25, -0.2) is 9.97 Å². The molecule has 0 bridgehead atoms. The number of nitrogens with zero attached hydrogens (tertiary/aromatic N) is 2. The van der Waals surface area contributed by atoms with E-state index in [1.807, 2.05) is 0 Å². The van der Waals surface area contributed by atoms with Gasteiger partial charge < -0.3 is 0 Å². The first-order chi connectivity index (χ1) is 7.52. The van der Waals surface area contributed by atoms with Gasteiger partial charge in [0.2, 0.25) is 0 Å². The van der Waals surface area contributed by atoms with Gasteiger partial charge in [-0.1, -0.05) is 18.2 Å². The minimum atomic E-state index is -4.60. The smallest absolute Gasteiger partial charge is 0.294 e. The van der Waals surface area contributed by atoms with E-state index in [-0.39, 0.29) is 17.2 Å². The summed E-state index contributed by atoms with van der Waals surface area (Å²) in [5.74, 6) is -0.467. The third-order valence-electron chi connectivity index (χ3n) is 1.99. The fourth-order valence-electron chi connectivity index (χ4n) is 1.36. The molecule has 0 radical (unpaired) electrons. The minimum absolute atomic E-state index is 0.104. The molecule has 0 saturated heterocycles. The number of para-hydroxylation sites is 1. The van der Waals surface area contributed by atoms with Gasteiger partial charge in [0.1, 0.15) is 0 Å². The highest BCUT2D eigenvalue weighted by Gasteiger charge is 2.35. The molecule has 0 spiro atoms. The molecule has 0 atom stereocenters. The number of rotatable bonds is 1. The van der Waals surface area contributed by atoms with Crippen molar-refractivity contribution < 1.29 is 18.0 Å². The van der Waals surface area contributed by atoms with E-state index in [9.17, 15) is 18.0 Å². The first kappa shape index (κ1) is 10.5. The summed E-state index contributed by atoms with van der Waals surface area (Å²) >= 11 is 0. The monoisotopic (exact) mass is 226 g/mol. The van der Waals surface area contributed by atoms with Gasteiger partial charge in [0.15, 0.2) is 17.8 Å². The van der Waals surface area contributed by atoms with E-state index in [1.165, 1.54) is 18.2 Å². The number of carbonyl (C=O) groups is 1. The summed E-state index contributed by atoms with van der Waals surface area (Å²) < 4.78 is 37.9. The van der Waals surface area contributed by atoms with E-state index < -0.39 is 17.7 Å². The number of benzene rings is 1. The predicted octanol–water partition coefficient (Wildman–Crippen LogP) is 2.46. The molecule has 0 saturated carbocycles. The van der Waals surface area contributed by atoms with Crippen molar-refractivity contribution in [2.24, 2.45) is 0 Å². The van der Waals surface area contributed by atoms with Gasteiger partial charge in [-0.05, 0) is 6.07 Å². The third kappa shape index (κ3) is 1.73. The number of hydrogen-bond acceptors (Lipinski definition) is 3. The standard InChI is InChI=1S/C10H5F3N2O/c11-10(12,13)9-6-3-1-2-4-7(6)14-8(5-16)15-9/h1-5H. The summed E-state index contributed by atoms with van der Waals surface area (Å²) in [5.41, 5.74) is -0.980. The maximum atomic E-state index is 12.6. The van der Waals surface area contributed by atoms with Crippen LogP contribution in [-0.2, 0) is 6.18 Å². The summed E-state index contributed by atoms with van der Waals surface area (Å²) in [4.78, 5) is 17.3. The number of hydrogen-bond donors (Lipinski definition) is 0. The van der Waals surface area contributed by atoms with Crippen molar-refractivity contribution in [1.82, 2.24) is 9.97 Å². The highest BCUT2D eigenvalue weighted by atomic mass is 19.4. The van der Waals surface area contributed by atoms with Crippen molar-refractivity contribution in [1.29, 1.82) is 0 Å². The van der Waals surface area contributed by atoms with Crippen molar-refractivity contribution in [2.45, 2.75) is 6.18 Å². The Labute approximate surface area is 87.9 Å². The maximum absolute atomic E-state index is 12.6. The van der Waals surface area contributed by atoms with E-state index in [2.05, 4.69) is 9.97 Å². The van der Waals surface area contributed by atoms with Crippen LogP contribution in [0.3, 0.4) is 0 Å². The summed E-state index contributed by atoms with van der Waals surface area (Å²) in [6, 6.07) is 5.68. The SMILES string of the molecule is O=Cc1nc(C(F)(F)F)c2ccccc2n1. The van der Waals surface area contributed by atoms with E-state index in [1.54, 1.807) is 6.07 Å². The predicted molar refractivity (Wildman–Crippen MR) is 49.9 cm³/mol. The summed E-state index contributed by atoms with van der Waals surface area (Å²) in [5, 5.41) is -0.111. The zero-order chi connectivity index (χ0) is 11.8. The Kier molecular flexibility index (Phi) is 2.34. The van der Waals surface area contributed by atoms with E-state index in [4.69, 9.17) is 0 Å². The van der Waals surface area contributed by atoms with Crippen LogP contribution in [0.4, 0.5) is 13.2 Å². The van der Waals surface area contributed by atoms with Gasteiger partial charge in [0, 0.05) is 5.39 Å². The fraction of sp³-hybridized carbons (Fsp3) is 0.100. The van der Waals surface area contributed by atoms with E-state index >= 15 is 0 Å². The first-order valence-corrected chi connectivity index (χ1v) is 4.31. The molecule has 0 unspecified atom stereocenters. The molecule has 0 aliphatic heterocycles. The summed E-state index contributed by atoms with van der Waals surface area (Å²) in [7, 11) is 0. The average Bonchev–Trinajstić information content (AvgIpc) is 2.26. The molecular weight excluding hydrogens is 221 g/mol. The summed E-state index contributed by atoms with van der Waals surface area (Å²) in [6.45, 7) is 0. The topological polar surface area (TPSA) is 42.9 Å². The summed E-state index contributed by atoms with van der Waals surface area (Å²) in [6.07, 6.45) is -4.40. The molecule has 6 heteroatoms. The van der Waals surface area contributed by atoms with Crippen molar-refractivity contribution in [2.75, 3.05) is 0 Å². The highest BCUT2D eigenvalue weighted by Crippen LogP contribution is 2.32. The van der Waals surface area contributed by atoms with E-state index in [0.717, 1.165) is 0 Å². The Balaban J connectivity index is 2.84. The largest absolute Gasteiger partial charge is 0.434 e. The second-order valence-electron chi connectivity index (χ2n) is 3.06. The molecule has 1 heterocycles. The molecule has 0 fully saturated rings. The van der Waals surface area contributed by atoms with Crippen LogP contribution in [-0.4, -0.2) is 16.3 Å². The highest BCUT2D eigenvalue weighted by molar-refractivity contribution is 5.84. The van der Waals surface area contributed by atoms with Crippen LogP contribution in [0.25, 0.3) is 10.9 Å². The molecule has 0 aliphatic carbocycles. The van der Waals surface area contributed by atoms with Crippen LogP contribution < -0.4 is 0 Å². The normalized spacial score (nSPS) is 11.7. The quantitative estimate of drug-likeness (QED) is 0.701. The maximum Gasteiger partial charge on any atom is 0.434 e. The third-order valence-corrected chi connectivity index (χ3v) is 1.99. The molecule has 1 aromatic carbocycles. The van der Waals surface area contributed by atoms with Crippen molar-refractivity contribution >= 4 is 17.2 Å². The molecule has 0 aliphatic rings. The number of fused-ring (bicyclic) bond motifs is 1. The number of halogens is 3. The van der Waals surface area contributed by atoms with Gasteiger partial charge in [0.25, 0.3) is 0 Å². The first-order valence-electron chi connectivity index (χ1n) is 4.31. The number of aldehydes is 1. The Hall–Kier alpha value is -1.98. The van der Waals surface area contributed by atoms with Gasteiger partial charge in [-0.15, -0.1) is 0 Å². The van der Waals surface area contributed by atoms with Crippen molar-refractivity contribution in [3.05, 3.63) is 35.8 Å². The lowest BCUT2D eigenvalue weighted by atomic mass is 10.2. The molecule has 2 rings (SSSR count). The van der Waals surface area contributed by atoms with Crippen LogP contribution in [0, 0.1) is 0 Å². The van der Waals surface area contributed by atoms with Gasteiger partial charge in [0.05, 0.1) is 5.52 Å². The molecule has 1 aromatic heterocycles. The Morgan fingerprint density at radius 3 is 2.44 bits per heavy atom. The van der Waals surface area contributed by atoms with Gasteiger partial charge >= 0.3 is 6.18 Å². The van der Waals surface area contributed by atoms with Crippen molar-refractivity contribution in [3.8, 4) is 0 Å². The van der Waals surface area contributed by atoms with E-state index in [0.29, 0.717) is 0 Å². The van der Waals surface area contributed by atoms with Crippen LogP contribution in [0.1, 0.15) is 16.3 Å². The lowest BCUT2D eigenvalue weighted by Crippen LogP contribution is -2.11. The fourth-order valence-corrected chi connectivity index (χ4v) is 1.36. The number of carbonyl (C=O) groups excluding carboxylic acids is 1. The Morgan fingerprint density at radius 1 is 1.12 bits per heavy atom. The van der Waals surface area contributed by atoms with Gasteiger partial charge in [-0.3, -0.25) is 4.79 Å². The molecule has 0 N–H and O–H groups in total. The van der Waals surface area contributed by atoms with Crippen molar-refractivity contribution in [3.63, 3.8) is 0 Å². The van der Waals surface area contributed by atoms with Crippen LogP contribution in [0.5, 0.6) is 0 Å². The molecule has 2 aromatic rings. The molecule has 16 heavy (non-hydrogen) atoms. The lowest BCUT2D eigenvalue weighted by molar-refractivity contribution is -0.139. The Morgan fingerprint density at radius 2 is 1.81 bits per heavy atom. The number of aromatic nitrogens is 2. The second kappa shape index (κ2) is 3.55. The molecule has 3 nitrogen and oxygen atoms in total. The Bertz CT molecular complexity index is 551. The second-order valence-corrected chi connectivity index (χ2v) is 3.06. The van der Waals surface area contributed by atoms with Crippen LogP contribution in [0.15, 0.2) is 24.3 Å². The van der Waals surface area contributed by atoms with Crippen LogP contribution >= 0.6 is 0 Å². The minimum Gasteiger partial charge on any atom is -0.294 e. The zero-order valence-corrected chi connectivity index (χ0v) is 7.82.